The van der Waals surface area contributed by atoms with Gasteiger partial charge in [-0.15, -0.1) is 0 Å². The Morgan fingerprint density at radius 1 is 1.07 bits per heavy atom. The number of ketones is 1. The number of hydroxylamine groups is 1. The number of hydrogen-bond donors (Lipinski definition) is 2. The molecule has 0 fully saturated rings. The summed E-state index contributed by atoms with van der Waals surface area (Å²) in [5.74, 6) is -0.809. The number of carbonyl (C=O) groups is 2. The van der Waals surface area contributed by atoms with Gasteiger partial charge in [-0.05, 0) is 41.2 Å². The standard InChI is InChI=1S/C21H22F3NO3/c1-13(2)19(15-6-8-16(9-7-15)20(27)25-28)12-18(26)11-14-4-3-5-17(10-14)21(22,23)24/h3-10,13,19,28H,11-12H2,1-2H3,(H,25,27). The van der Waals surface area contributed by atoms with Crippen molar-refractivity contribution in [2.75, 3.05) is 0 Å². The van der Waals surface area contributed by atoms with E-state index >= 15 is 0 Å². The third-order valence-electron chi connectivity index (χ3n) is 4.61. The van der Waals surface area contributed by atoms with Crippen LogP contribution in [0.15, 0.2) is 48.5 Å². The predicted molar refractivity (Wildman–Crippen MR) is 98.0 cm³/mol. The molecule has 1 atom stereocenters. The van der Waals surface area contributed by atoms with Gasteiger partial charge in [0, 0.05) is 18.4 Å². The Morgan fingerprint density at radius 2 is 1.71 bits per heavy atom. The Hall–Kier alpha value is -2.67. The van der Waals surface area contributed by atoms with E-state index in [2.05, 4.69) is 0 Å². The molecule has 0 aliphatic carbocycles. The first kappa shape index (κ1) is 21.6. The topological polar surface area (TPSA) is 66.4 Å². The van der Waals surface area contributed by atoms with Crippen LogP contribution in [0.25, 0.3) is 0 Å². The zero-order valence-corrected chi connectivity index (χ0v) is 15.6. The van der Waals surface area contributed by atoms with E-state index in [4.69, 9.17) is 5.21 Å². The molecule has 7 heteroatoms. The molecule has 4 nitrogen and oxygen atoms in total. The van der Waals surface area contributed by atoms with E-state index in [0.29, 0.717) is 5.56 Å². The number of alkyl halides is 3. The molecule has 2 N–H and O–H groups in total. The lowest BCUT2D eigenvalue weighted by Crippen LogP contribution is -2.19. The first-order chi connectivity index (χ1) is 13.1. The van der Waals surface area contributed by atoms with Gasteiger partial charge in [-0.1, -0.05) is 44.2 Å². The molecule has 1 amide bonds. The summed E-state index contributed by atoms with van der Waals surface area (Å²) in [5, 5.41) is 8.67. The maximum Gasteiger partial charge on any atom is 0.416 e. The van der Waals surface area contributed by atoms with Gasteiger partial charge in [-0.2, -0.15) is 13.2 Å². The highest BCUT2D eigenvalue weighted by Gasteiger charge is 2.30. The number of rotatable bonds is 7. The molecule has 1 unspecified atom stereocenters. The van der Waals surface area contributed by atoms with Crippen molar-refractivity contribution in [1.29, 1.82) is 0 Å². The van der Waals surface area contributed by atoms with Crippen LogP contribution in [0, 0.1) is 5.92 Å². The largest absolute Gasteiger partial charge is 0.416 e. The molecular formula is C21H22F3NO3. The van der Waals surface area contributed by atoms with Crippen LogP contribution in [0.1, 0.15) is 53.2 Å². The zero-order valence-electron chi connectivity index (χ0n) is 15.6. The van der Waals surface area contributed by atoms with Crippen LogP contribution >= 0.6 is 0 Å². The second kappa shape index (κ2) is 9.01. The van der Waals surface area contributed by atoms with E-state index in [1.54, 1.807) is 29.7 Å². The van der Waals surface area contributed by atoms with Gasteiger partial charge in [0.2, 0.25) is 0 Å². The Kier molecular flexibility index (Phi) is 6.96. The van der Waals surface area contributed by atoms with Crippen LogP contribution in [-0.4, -0.2) is 16.9 Å². The molecule has 2 aromatic rings. The molecule has 150 valence electrons. The quantitative estimate of drug-likeness (QED) is 0.526. The molecular weight excluding hydrogens is 371 g/mol. The van der Waals surface area contributed by atoms with E-state index in [0.717, 1.165) is 17.7 Å². The second-order valence-electron chi connectivity index (χ2n) is 7.03. The average molecular weight is 393 g/mol. The Labute approximate surface area is 161 Å². The third kappa shape index (κ3) is 5.66. The first-order valence-corrected chi connectivity index (χ1v) is 8.84. The van der Waals surface area contributed by atoms with E-state index in [9.17, 15) is 22.8 Å². The van der Waals surface area contributed by atoms with Crippen molar-refractivity contribution in [2.24, 2.45) is 5.92 Å². The van der Waals surface area contributed by atoms with Gasteiger partial charge < -0.3 is 0 Å². The van der Waals surface area contributed by atoms with Gasteiger partial charge in [0.25, 0.3) is 5.91 Å². The predicted octanol–water partition coefficient (Wildman–Crippen LogP) is 4.77. The Bertz CT molecular complexity index is 830. The van der Waals surface area contributed by atoms with E-state index < -0.39 is 17.6 Å². The lowest BCUT2D eigenvalue weighted by atomic mass is 9.83. The summed E-state index contributed by atoms with van der Waals surface area (Å²) in [5.41, 5.74) is 2.25. The molecule has 0 heterocycles. The Balaban J connectivity index is 2.12. The average Bonchev–Trinajstić information content (AvgIpc) is 2.65. The third-order valence-corrected chi connectivity index (χ3v) is 4.61. The molecule has 2 rings (SSSR count). The van der Waals surface area contributed by atoms with Crippen molar-refractivity contribution in [2.45, 2.75) is 38.8 Å². The maximum atomic E-state index is 12.8. The maximum absolute atomic E-state index is 12.8. The first-order valence-electron chi connectivity index (χ1n) is 8.84. The number of carbonyl (C=O) groups excluding carboxylic acids is 2. The SMILES string of the molecule is CC(C)C(CC(=O)Cc1cccc(C(F)(F)F)c1)c1ccc(C(=O)NO)cc1. The molecule has 2 aromatic carbocycles. The molecule has 0 bridgehead atoms. The van der Waals surface area contributed by atoms with Crippen molar-refractivity contribution < 1.29 is 28.0 Å². The highest BCUT2D eigenvalue weighted by molar-refractivity contribution is 5.93. The molecule has 0 saturated heterocycles. The number of benzene rings is 2. The van der Waals surface area contributed by atoms with Crippen LogP contribution in [0.2, 0.25) is 0 Å². The highest BCUT2D eigenvalue weighted by Crippen LogP contribution is 2.31. The lowest BCUT2D eigenvalue weighted by molar-refractivity contribution is -0.137. The summed E-state index contributed by atoms with van der Waals surface area (Å²) in [6.45, 7) is 3.91. The lowest BCUT2D eigenvalue weighted by Gasteiger charge is -2.21. The summed E-state index contributed by atoms with van der Waals surface area (Å²) in [4.78, 5) is 23.9. The van der Waals surface area contributed by atoms with Gasteiger partial charge in [0.05, 0.1) is 5.56 Å². The summed E-state index contributed by atoms with van der Waals surface area (Å²) in [6.07, 6.45) is -4.33. The van der Waals surface area contributed by atoms with Gasteiger partial charge in [-0.25, -0.2) is 5.48 Å². The summed E-state index contributed by atoms with van der Waals surface area (Å²) >= 11 is 0. The van der Waals surface area contributed by atoms with Crippen molar-refractivity contribution in [3.8, 4) is 0 Å². The van der Waals surface area contributed by atoms with Gasteiger partial charge >= 0.3 is 6.18 Å². The van der Waals surface area contributed by atoms with Crippen molar-refractivity contribution in [3.05, 3.63) is 70.8 Å². The number of amides is 1. The zero-order chi connectivity index (χ0) is 20.9. The number of Topliss-reactive ketones (excluding diaryl/α,β-unsaturated/α-hetero) is 1. The molecule has 28 heavy (non-hydrogen) atoms. The van der Waals surface area contributed by atoms with Crippen molar-refractivity contribution in [1.82, 2.24) is 5.48 Å². The van der Waals surface area contributed by atoms with E-state index in [-0.39, 0.29) is 36.0 Å². The normalized spacial score (nSPS) is 12.7. The van der Waals surface area contributed by atoms with Crippen molar-refractivity contribution >= 4 is 11.7 Å². The fourth-order valence-corrected chi connectivity index (χ4v) is 3.09. The molecule has 0 spiro atoms. The fourth-order valence-electron chi connectivity index (χ4n) is 3.09. The minimum Gasteiger partial charge on any atom is -0.299 e. The fraction of sp³-hybridized carbons (Fsp3) is 0.333. The molecule has 0 aromatic heterocycles. The van der Waals surface area contributed by atoms with E-state index in [1.165, 1.54) is 12.1 Å². The van der Waals surface area contributed by atoms with Crippen LogP contribution in [0.3, 0.4) is 0 Å². The van der Waals surface area contributed by atoms with Crippen LogP contribution < -0.4 is 5.48 Å². The molecule has 0 saturated carbocycles. The van der Waals surface area contributed by atoms with Crippen LogP contribution in [0.4, 0.5) is 13.2 Å². The van der Waals surface area contributed by atoms with Crippen LogP contribution in [-0.2, 0) is 17.4 Å². The summed E-state index contributed by atoms with van der Waals surface area (Å²) in [7, 11) is 0. The summed E-state index contributed by atoms with van der Waals surface area (Å²) in [6, 6.07) is 11.3. The van der Waals surface area contributed by atoms with E-state index in [1.807, 2.05) is 13.8 Å². The second-order valence-corrected chi connectivity index (χ2v) is 7.03. The molecule has 0 aliphatic rings. The Morgan fingerprint density at radius 3 is 2.25 bits per heavy atom. The van der Waals surface area contributed by atoms with Gasteiger partial charge in [0.15, 0.2) is 0 Å². The minimum atomic E-state index is -4.44. The number of halogens is 3. The summed E-state index contributed by atoms with van der Waals surface area (Å²) < 4.78 is 38.5. The van der Waals surface area contributed by atoms with Crippen molar-refractivity contribution in [3.63, 3.8) is 0 Å². The van der Waals surface area contributed by atoms with Crippen LogP contribution in [0.5, 0.6) is 0 Å². The smallest absolute Gasteiger partial charge is 0.299 e. The molecule has 0 radical (unpaired) electrons. The minimum absolute atomic E-state index is 0.0713. The number of nitrogens with one attached hydrogen (secondary N) is 1. The molecule has 0 aliphatic heterocycles. The monoisotopic (exact) mass is 393 g/mol. The highest BCUT2D eigenvalue weighted by atomic mass is 19.4. The number of hydrogen-bond acceptors (Lipinski definition) is 3. The van der Waals surface area contributed by atoms with Gasteiger partial charge in [0.1, 0.15) is 5.78 Å². The van der Waals surface area contributed by atoms with Gasteiger partial charge in [-0.3, -0.25) is 14.8 Å².